The Morgan fingerprint density at radius 2 is 2.12 bits per heavy atom. The minimum Gasteiger partial charge on any atom is -0.462 e. The van der Waals surface area contributed by atoms with Crippen LogP contribution in [0, 0.1) is 6.92 Å². The van der Waals surface area contributed by atoms with E-state index < -0.39 is 0 Å². The highest BCUT2D eigenvalue weighted by Crippen LogP contribution is 2.23. The number of hydrogen-bond donors (Lipinski definition) is 1. The van der Waals surface area contributed by atoms with Crippen LogP contribution in [0.5, 0.6) is 0 Å². The van der Waals surface area contributed by atoms with Gasteiger partial charge in [-0.25, -0.2) is 9.97 Å². The molecule has 0 unspecified atom stereocenters. The van der Waals surface area contributed by atoms with Crippen LogP contribution in [0.2, 0.25) is 0 Å². The second-order valence-corrected chi connectivity index (χ2v) is 6.78. The molecule has 0 fully saturated rings. The molecule has 0 saturated carbocycles. The first-order chi connectivity index (χ1) is 12.7. The molecule has 1 N–H and O–H groups in total. The van der Waals surface area contributed by atoms with Crippen molar-refractivity contribution in [2.75, 3.05) is 6.54 Å². The van der Waals surface area contributed by atoms with E-state index >= 15 is 0 Å². The van der Waals surface area contributed by atoms with Gasteiger partial charge in [0.1, 0.15) is 11.5 Å². The molecule has 7 heteroatoms. The Balaban J connectivity index is 1.33. The molecule has 3 heterocycles. The van der Waals surface area contributed by atoms with E-state index in [9.17, 15) is 4.79 Å². The lowest BCUT2D eigenvalue weighted by Gasteiger charge is -2.07. The fraction of sp³-hybridized carbons (Fsp3) is 0.211. The van der Waals surface area contributed by atoms with Crippen molar-refractivity contribution in [2.45, 2.75) is 19.9 Å². The summed E-state index contributed by atoms with van der Waals surface area (Å²) in [6.07, 6.45) is 2.42. The average Bonchev–Trinajstić information content (AvgIpc) is 3.38. The molecule has 4 aromatic rings. The number of para-hydroxylation sites is 2. The maximum atomic E-state index is 12.3. The molecular weight excluding hydrogens is 348 g/mol. The zero-order valence-electron chi connectivity index (χ0n) is 14.3. The molecule has 0 aliphatic carbocycles. The van der Waals surface area contributed by atoms with E-state index in [4.69, 9.17) is 4.42 Å². The van der Waals surface area contributed by atoms with Crippen LogP contribution in [0.4, 0.5) is 0 Å². The van der Waals surface area contributed by atoms with Crippen LogP contribution in [0.25, 0.3) is 21.8 Å². The summed E-state index contributed by atoms with van der Waals surface area (Å²) in [4.78, 5) is 21.1. The first-order valence-electron chi connectivity index (χ1n) is 8.42. The van der Waals surface area contributed by atoms with Gasteiger partial charge in [-0.2, -0.15) is 0 Å². The van der Waals surface area contributed by atoms with Crippen LogP contribution in [-0.4, -0.2) is 27.0 Å². The van der Waals surface area contributed by atoms with Crippen molar-refractivity contribution in [1.82, 2.24) is 19.9 Å². The number of nitrogens with one attached hydrogen (secondary N) is 1. The van der Waals surface area contributed by atoms with E-state index in [0.29, 0.717) is 23.0 Å². The van der Waals surface area contributed by atoms with Crippen LogP contribution >= 0.6 is 11.3 Å². The van der Waals surface area contributed by atoms with Gasteiger partial charge in [0.25, 0.3) is 5.91 Å². The van der Waals surface area contributed by atoms with E-state index in [1.807, 2.05) is 31.2 Å². The smallest absolute Gasteiger partial charge is 0.270 e. The van der Waals surface area contributed by atoms with E-state index in [1.165, 1.54) is 11.3 Å². The zero-order valence-corrected chi connectivity index (χ0v) is 15.1. The Hall–Kier alpha value is -2.93. The monoisotopic (exact) mass is 366 g/mol. The number of furan rings is 1. The molecule has 0 spiro atoms. The fourth-order valence-electron chi connectivity index (χ4n) is 2.90. The van der Waals surface area contributed by atoms with Gasteiger partial charge in [0.15, 0.2) is 10.8 Å². The number of aromatic nitrogens is 3. The number of imidazole rings is 1. The van der Waals surface area contributed by atoms with Gasteiger partial charge < -0.3 is 14.3 Å². The molecule has 132 valence electrons. The predicted molar refractivity (Wildman–Crippen MR) is 101 cm³/mol. The summed E-state index contributed by atoms with van der Waals surface area (Å²) in [7, 11) is 0. The topological polar surface area (TPSA) is 73.0 Å². The van der Waals surface area contributed by atoms with Crippen LogP contribution in [-0.2, 0) is 6.54 Å². The summed E-state index contributed by atoms with van der Waals surface area (Å²) in [5.41, 5.74) is 2.55. The lowest BCUT2D eigenvalue weighted by molar-refractivity contribution is 0.0948. The molecule has 4 rings (SSSR count). The van der Waals surface area contributed by atoms with Gasteiger partial charge in [-0.15, -0.1) is 11.3 Å². The van der Waals surface area contributed by atoms with Crippen molar-refractivity contribution < 1.29 is 9.21 Å². The molecule has 0 aliphatic rings. The van der Waals surface area contributed by atoms with Crippen LogP contribution < -0.4 is 5.32 Å². The Morgan fingerprint density at radius 3 is 2.96 bits per heavy atom. The highest BCUT2D eigenvalue weighted by Gasteiger charge is 2.13. The van der Waals surface area contributed by atoms with E-state index in [1.54, 1.807) is 17.7 Å². The number of thiazole rings is 1. The molecule has 1 aromatic carbocycles. The second kappa shape index (κ2) is 7.13. The van der Waals surface area contributed by atoms with Crippen molar-refractivity contribution in [2.24, 2.45) is 0 Å². The number of rotatable bonds is 6. The number of amides is 1. The third kappa shape index (κ3) is 3.25. The summed E-state index contributed by atoms with van der Waals surface area (Å²) in [6.45, 7) is 3.39. The Bertz CT molecular complexity index is 1030. The lowest BCUT2D eigenvalue weighted by atomic mass is 10.3. The SMILES string of the molecule is Cc1nc2ccccc2n1CCCNC(=O)c1csc(-c2ccco2)n1. The van der Waals surface area contributed by atoms with E-state index in [-0.39, 0.29) is 5.91 Å². The molecular formula is C19H18N4O2S. The zero-order chi connectivity index (χ0) is 17.9. The third-order valence-electron chi connectivity index (χ3n) is 4.16. The summed E-state index contributed by atoms with van der Waals surface area (Å²) in [5, 5.41) is 5.39. The van der Waals surface area contributed by atoms with Crippen molar-refractivity contribution in [3.63, 3.8) is 0 Å². The van der Waals surface area contributed by atoms with Gasteiger partial charge in [-0.05, 0) is 37.6 Å². The summed E-state index contributed by atoms with van der Waals surface area (Å²) < 4.78 is 7.49. The number of nitrogens with zero attached hydrogens (tertiary/aromatic N) is 3. The van der Waals surface area contributed by atoms with Gasteiger partial charge >= 0.3 is 0 Å². The molecule has 26 heavy (non-hydrogen) atoms. The highest BCUT2D eigenvalue weighted by atomic mass is 32.1. The number of carbonyl (C=O) groups excluding carboxylic acids is 1. The van der Waals surface area contributed by atoms with E-state index in [2.05, 4.69) is 25.9 Å². The molecule has 6 nitrogen and oxygen atoms in total. The van der Waals surface area contributed by atoms with Gasteiger partial charge in [-0.3, -0.25) is 4.79 Å². The van der Waals surface area contributed by atoms with Gasteiger partial charge in [0.2, 0.25) is 0 Å². The normalized spacial score (nSPS) is 11.1. The van der Waals surface area contributed by atoms with Crippen LogP contribution in [0.3, 0.4) is 0 Å². The number of fused-ring (bicyclic) bond motifs is 1. The van der Waals surface area contributed by atoms with Crippen molar-refractivity contribution >= 4 is 28.3 Å². The summed E-state index contributed by atoms with van der Waals surface area (Å²) in [6, 6.07) is 11.7. The van der Waals surface area contributed by atoms with Crippen molar-refractivity contribution in [3.05, 3.63) is 59.6 Å². The first-order valence-corrected chi connectivity index (χ1v) is 9.30. The van der Waals surface area contributed by atoms with Gasteiger partial charge in [-0.1, -0.05) is 12.1 Å². The minimum absolute atomic E-state index is 0.161. The molecule has 0 saturated heterocycles. The molecule has 0 atom stereocenters. The predicted octanol–water partition coefficient (Wildman–Crippen LogP) is 3.88. The van der Waals surface area contributed by atoms with E-state index in [0.717, 1.165) is 29.8 Å². The standard InChI is InChI=1S/C19H18N4O2S/c1-13-21-14-6-2-3-7-16(14)23(13)10-5-9-20-18(24)15-12-26-19(22-15)17-8-4-11-25-17/h2-4,6-8,11-12H,5,9-10H2,1H3,(H,20,24). The third-order valence-corrected chi connectivity index (χ3v) is 5.02. The Kier molecular flexibility index (Phi) is 4.53. The molecule has 0 aliphatic heterocycles. The van der Waals surface area contributed by atoms with Gasteiger partial charge in [0.05, 0.1) is 17.3 Å². The van der Waals surface area contributed by atoms with Crippen molar-refractivity contribution in [1.29, 1.82) is 0 Å². The van der Waals surface area contributed by atoms with Crippen LogP contribution in [0.1, 0.15) is 22.7 Å². The van der Waals surface area contributed by atoms with Crippen molar-refractivity contribution in [3.8, 4) is 10.8 Å². The lowest BCUT2D eigenvalue weighted by Crippen LogP contribution is -2.25. The quantitative estimate of drug-likeness (QED) is 0.526. The largest absolute Gasteiger partial charge is 0.462 e. The molecule has 3 aromatic heterocycles. The maximum absolute atomic E-state index is 12.3. The number of benzene rings is 1. The maximum Gasteiger partial charge on any atom is 0.270 e. The number of hydrogen-bond acceptors (Lipinski definition) is 5. The molecule has 0 radical (unpaired) electrons. The second-order valence-electron chi connectivity index (χ2n) is 5.92. The minimum atomic E-state index is -0.161. The summed E-state index contributed by atoms with van der Waals surface area (Å²) in [5.74, 6) is 1.50. The summed E-state index contributed by atoms with van der Waals surface area (Å²) >= 11 is 1.40. The van der Waals surface area contributed by atoms with Crippen LogP contribution in [0.15, 0.2) is 52.5 Å². The molecule has 0 bridgehead atoms. The average molecular weight is 366 g/mol. The molecule has 1 amide bonds. The fourth-order valence-corrected chi connectivity index (χ4v) is 3.67. The Morgan fingerprint density at radius 1 is 1.23 bits per heavy atom. The van der Waals surface area contributed by atoms with Gasteiger partial charge in [0, 0.05) is 18.5 Å². The first kappa shape index (κ1) is 16.5. The number of aryl methyl sites for hydroxylation is 2. The highest BCUT2D eigenvalue weighted by molar-refractivity contribution is 7.13. The number of carbonyl (C=O) groups is 1. The Labute approximate surface area is 154 Å².